The number of hydrogen-bond donors (Lipinski definition) is 1. The Balaban J connectivity index is 2.50. The molecule has 0 aromatic rings. The predicted molar refractivity (Wildman–Crippen MR) is 32.9 cm³/mol. The summed E-state index contributed by atoms with van der Waals surface area (Å²) in [6, 6.07) is -0.0556. The normalized spacial score (nSPS) is 37.1. The van der Waals surface area contributed by atoms with E-state index in [1.165, 1.54) is 0 Å². The Morgan fingerprint density at radius 1 is 1.67 bits per heavy atom. The molecule has 1 saturated heterocycles. The second-order valence-electron chi connectivity index (χ2n) is 2.43. The quantitative estimate of drug-likeness (QED) is 0.490. The Labute approximate surface area is 54.3 Å². The number of aliphatic hydroxyl groups is 1. The summed E-state index contributed by atoms with van der Waals surface area (Å²) < 4.78 is 0. The van der Waals surface area contributed by atoms with Crippen LogP contribution in [0.4, 0.5) is 0 Å². The lowest BCUT2D eigenvalue weighted by atomic mass is 10.2. The summed E-state index contributed by atoms with van der Waals surface area (Å²) >= 11 is 0. The van der Waals surface area contributed by atoms with Crippen LogP contribution in [0.2, 0.25) is 0 Å². The van der Waals surface area contributed by atoms with Gasteiger partial charge in [-0.1, -0.05) is 0 Å². The molecule has 0 radical (unpaired) electrons. The highest BCUT2D eigenvalue weighted by Crippen LogP contribution is 2.17. The monoisotopic (exact) mass is 129 g/mol. The van der Waals surface area contributed by atoms with Crippen LogP contribution in [-0.2, 0) is 4.79 Å². The molecule has 1 aliphatic heterocycles. The third-order valence-corrected chi connectivity index (χ3v) is 1.87. The lowest BCUT2D eigenvalue weighted by Crippen LogP contribution is -2.32. The molecule has 1 heterocycles. The van der Waals surface area contributed by atoms with Crippen LogP contribution in [-0.4, -0.2) is 35.6 Å². The van der Waals surface area contributed by atoms with Crippen LogP contribution in [0.15, 0.2) is 0 Å². The van der Waals surface area contributed by atoms with Crippen molar-refractivity contribution in [1.82, 2.24) is 4.90 Å². The molecule has 52 valence electrons. The Morgan fingerprint density at radius 3 is 2.56 bits per heavy atom. The van der Waals surface area contributed by atoms with Gasteiger partial charge in [-0.3, -0.25) is 4.90 Å². The van der Waals surface area contributed by atoms with E-state index >= 15 is 0 Å². The first kappa shape index (κ1) is 6.71. The van der Waals surface area contributed by atoms with Gasteiger partial charge in [-0.15, -0.1) is 0 Å². The zero-order valence-corrected chi connectivity index (χ0v) is 5.45. The summed E-state index contributed by atoms with van der Waals surface area (Å²) in [6.45, 7) is 0. The number of nitrogens with zero attached hydrogens (tertiary/aromatic N) is 1. The molecule has 1 aliphatic rings. The number of carbonyl (C=O) groups is 1. The van der Waals surface area contributed by atoms with Crippen LogP contribution in [0, 0.1) is 0 Å². The summed E-state index contributed by atoms with van der Waals surface area (Å²) in [7, 11) is 1.76. The smallest absolute Gasteiger partial charge is 0.137 e. The molecular formula is C6H11NO2. The molecule has 1 fully saturated rings. The molecule has 0 aliphatic carbocycles. The predicted octanol–water partition coefficient (Wildman–Crippen LogP) is -0.402. The van der Waals surface area contributed by atoms with Gasteiger partial charge in [0.05, 0.1) is 6.04 Å². The van der Waals surface area contributed by atoms with E-state index in [1.807, 2.05) is 0 Å². The molecule has 3 heteroatoms. The average Bonchev–Trinajstić information content (AvgIpc) is 2.15. The minimum absolute atomic E-state index is 0.0556. The third kappa shape index (κ3) is 1.11. The van der Waals surface area contributed by atoms with Gasteiger partial charge < -0.3 is 9.90 Å². The molecular weight excluding hydrogens is 118 g/mol. The summed E-state index contributed by atoms with van der Waals surface area (Å²) in [5.74, 6) is 0. The van der Waals surface area contributed by atoms with Crippen molar-refractivity contribution in [3.63, 3.8) is 0 Å². The van der Waals surface area contributed by atoms with Gasteiger partial charge in [0, 0.05) is 0 Å². The lowest BCUT2D eigenvalue weighted by Gasteiger charge is -2.16. The maximum atomic E-state index is 10.2. The molecule has 1 rings (SSSR count). The van der Waals surface area contributed by atoms with Gasteiger partial charge >= 0.3 is 0 Å². The standard InChI is InChI=1S/C6H11NO2/c1-7-5(4-8)2-3-6(7)9/h4-6,9H,2-3H2,1H3. The maximum Gasteiger partial charge on any atom is 0.137 e. The van der Waals surface area contributed by atoms with Crippen molar-refractivity contribution < 1.29 is 9.90 Å². The molecule has 0 amide bonds. The fraction of sp³-hybridized carbons (Fsp3) is 0.833. The fourth-order valence-electron chi connectivity index (χ4n) is 1.11. The minimum Gasteiger partial charge on any atom is -0.378 e. The van der Waals surface area contributed by atoms with E-state index in [2.05, 4.69) is 0 Å². The summed E-state index contributed by atoms with van der Waals surface area (Å²) in [4.78, 5) is 11.9. The number of aliphatic hydroxyl groups excluding tert-OH is 1. The van der Waals surface area contributed by atoms with E-state index in [4.69, 9.17) is 5.11 Å². The molecule has 9 heavy (non-hydrogen) atoms. The maximum absolute atomic E-state index is 10.2. The van der Waals surface area contributed by atoms with Crippen LogP contribution in [0.3, 0.4) is 0 Å². The van der Waals surface area contributed by atoms with Gasteiger partial charge in [-0.05, 0) is 19.9 Å². The van der Waals surface area contributed by atoms with Crippen LogP contribution in [0.25, 0.3) is 0 Å². The fourth-order valence-corrected chi connectivity index (χ4v) is 1.11. The molecule has 0 spiro atoms. The average molecular weight is 129 g/mol. The van der Waals surface area contributed by atoms with E-state index in [-0.39, 0.29) is 6.04 Å². The largest absolute Gasteiger partial charge is 0.378 e. The highest BCUT2D eigenvalue weighted by Gasteiger charge is 2.27. The first-order chi connectivity index (χ1) is 4.25. The Kier molecular flexibility index (Phi) is 1.83. The topological polar surface area (TPSA) is 40.5 Å². The Morgan fingerprint density at radius 2 is 2.33 bits per heavy atom. The molecule has 0 saturated carbocycles. The van der Waals surface area contributed by atoms with Crippen molar-refractivity contribution >= 4 is 6.29 Å². The van der Waals surface area contributed by atoms with Crippen molar-refractivity contribution in [3.05, 3.63) is 0 Å². The Hall–Kier alpha value is -0.410. The van der Waals surface area contributed by atoms with Crippen LogP contribution in [0.1, 0.15) is 12.8 Å². The summed E-state index contributed by atoms with van der Waals surface area (Å²) in [5.41, 5.74) is 0. The van der Waals surface area contributed by atoms with E-state index in [0.29, 0.717) is 0 Å². The SMILES string of the molecule is CN1C(O)CCC1C=O. The summed E-state index contributed by atoms with van der Waals surface area (Å²) in [6.07, 6.45) is 2.00. The van der Waals surface area contributed by atoms with Crippen molar-refractivity contribution in [2.45, 2.75) is 25.1 Å². The van der Waals surface area contributed by atoms with Crippen molar-refractivity contribution in [2.24, 2.45) is 0 Å². The molecule has 2 atom stereocenters. The number of likely N-dealkylation sites (tertiary alicyclic amines) is 1. The number of rotatable bonds is 1. The van der Waals surface area contributed by atoms with Gasteiger partial charge in [0.2, 0.25) is 0 Å². The minimum atomic E-state index is -0.403. The molecule has 3 nitrogen and oxygen atoms in total. The van der Waals surface area contributed by atoms with E-state index in [9.17, 15) is 4.79 Å². The molecule has 0 aromatic carbocycles. The van der Waals surface area contributed by atoms with Crippen LogP contribution >= 0.6 is 0 Å². The number of aldehydes is 1. The second-order valence-corrected chi connectivity index (χ2v) is 2.43. The highest BCUT2D eigenvalue weighted by molar-refractivity contribution is 5.58. The highest BCUT2D eigenvalue weighted by atomic mass is 16.3. The van der Waals surface area contributed by atoms with Gasteiger partial charge in [0.1, 0.15) is 12.5 Å². The lowest BCUT2D eigenvalue weighted by molar-refractivity contribution is -0.112. The van der Waals surface area contributed by atoms with E-state index in [1.54, 1.807) is 11.9 Å². The number of hydrogen-bond acceptors (Lipinski definition) is 3. The van der Waals surface area contributed by atoms with Crippen LogP contribution in [0.5, 0.6) is 0 Å². The van der Waals surface area contributed by atoms with Gasteiger partial charge in [0.25, 0.3) is 0 Å². The second kappa shape index (κ2) is 2.45. The molecule has 1 N–H and O–H groups in total. The van der Waals surface area contributed by atoms with E-state index < -0.39 is 6.23 Å². The van der Waals surface area contributed by atoms with E-state index in [0.717, 1.165) is 19.1 Å². The molecule has 2 unspecified atom stereocenters. The van der Waals surface area contributed by atoms with Crippen molar-refractivity contribution in [3.8, 4) is 0 Å². The number of likely N-dealkylation sites (N-methyl/N-ethyl adjacent to an activating group) is 1. The summed E-state index contributed by atoms with van der Waals surface area (Å²) in [5, 5.41) is 9.07. The van der Waals surface area contributed by atoms with Gasteiger partial charge in [0.15, 0.2) is 0 Å². The Bertz CT molecular complexity index is 116. The molecule has 0 aromatic heterocycles. The first-order valence-electron chi connectivity index (χ1n) is 3.11. The first-order valence-corrected chi connectivity index (χ1v) is 3.11. The molecule has 0 bridgehead atoms. The van der Waals surface area contributed by atoms with Crippen molar-refractivity contribution in [1.29, 1.82) is 0 Å². The zero-order valence-electron chi connectivity index (χ0n) is 5.45. The van der Waals surface area contributed by atoms with Gasteiger partial charge in [-0.25, -0.2) is 0 Å². The van der Waals surface area contributed by atoms with Crippen LogP contribution < -0.4 is 0 Å². The number of carbonyl (C=O) groups excluding carboxylic acids is 1. The zero-order chi connectivity index (χ0) is 6.85. The van der Waals surface area contributed by atoms with Crippen molar-refractivity contribution in [2.75, 3.05) is 7.05 Å². The third-order valence-electron chi connectivity index (χ3n) is 1.87. The van der Waals surface area contributed by atoms with Gasteiger partial charge in [-0.2, -0.15) is 0 Å².